The van der Waals surface area contributed by atoms with Crippen molar-refractivity contribution in [2.45, 2.75) is 252 Å². The molecule has 0 bridgehead atoms. The Labute approximate surface area is 380 Å². The summed E-state index contributed by atoms with van der Waals surface area (Å²) in [7, 11) is -4.23. The highest BCUT2D eigenvalue weighted by Crippen LogP contribution is 2.49. The number of alkyl carbamates (subject to hydrolysis) is 1. The molecule has 0 aromatic carbocycles. The number of allylic oxidation sites excluding steroid dienone is 1. The van der Waals surface area contributed by atoms with E-state index in [4.69, 9.17) is 23.0 Å². The number of amides is 2. The van der Waals surface area contributed by atoms with Gasteiger partial charge in [-0.1, -0.05) is 187 Å². The van der Waals surface area contributed by atoms with Crippen LogP contribution >= 0.6 is 7.82 Å². The Hall–Kier alpha value is -2.20. The third-order valence-electron chi connectivity index (χ3n) is 10.6. The first-order valence-corrected chi connectivity index (χ1v) is 26.6. The van der Waals surface area contributed by atoms with Crippen LogP contribution in [0.4, 0.5) is 4.79 Å². The summed E-state index contributed by atoms with van der Waals surface area (Å²) in [5.41, 5.74) is -0.681. The fourth-order valence-corrected chi connectivity index (χ4v) is 8.17. The van der Waals surface area contributed by atoms with E-state index in [9.17, 15) is 18.9 Å². The van der Waals surface area contributed by atoms with Gasteiger partial charge in [-0.05, 0) is 52.5 Å². The Morgan fingerprint density at radius 3 is 1.58 bits per heavy atom. The van der Waals surface area contributed by atoms with Crippen LogP contribution in [-0.2, 0) is 37.2 Å². The number of rotatable bonds is 44. The summed E-state index contributed by atoms with van der Waals surface area (Å²) in [6, 6.07) is -0.864. The Morgan fingerprint density at radius 1 is 0.629 bits per heavy atom. The van der Waals surface area contributed by atoms with Gasteiger partial charge in [-0.3, -0.25) is 23.2 Å². The normalized spacial score (nSPS) is 13.7. The van der Waals surface area contributed by atoms with Crippen LogP contribution in [0.15, 0.2) is 24.8 Å². The summed E-state index contributed by atoms with van der Waals surface area (Å²) < 4.78 is 42.3. The summed E-state index contributed by atoms with van der Waals surface area (Å²) in [5, 5.41) is 5.63. The Kier molecular flexibility index (Phi) is 40.0. The van der Waals surface area contributed by atoms with Crippen molar-refractivity contribution in [3.8, 4) is 0 Å². The zero-order valence-electron chi connectivity index (χ0n) is 40.8. The molecule has 2 N–H and O–H groups in total. The quantitative estimate of drug-likeness (QED) is 0.0265. The van der Waals surface area contributed by atoms with Crippen molar-refractivity contribution < 1.29 is 42.0 Å². The second-order valence-corrected chi connectivity index (χ2v) is 19.6. The first-order chi connectivity index (χ1) is 29.9. The number of ether oxygens (including phenoxy) is 2. The lowest BCUT2D eigenvalue weighted by Crippen LogP contribution is -2.47. The first kappa shape index (κ1) is 59.8. The molecule has 3 atom stereocenters. The molecule has 11 nitrogen and oxygen atoms in total. The summed E-state index contributed by atoms with van der Waals surface area (Å²) in [6.45, 7) is 15.0. The molecule has 0 aliphatic carbocycles. The van der Waals surface area contributed by atoms with Crippen molar-refractivity contribution in [3.63, 3.8) is 0 Å². The molecule has 0 rings (SSSR count). The van der Waals surface area contributed by atoms with Gasteiger partial charge in [0.25, 0.3) is 0 Å². The zero-order chi connectivity index (χ0) is 46.0. The number of phosphoric ester groups is 1. The van der Waals surface area contributed by atoms with Gasteiger partial charge < -0.3 is 20.1 Å². The Balaban J connectivity index is 5.86. The van der Waals surface area contributed by atoms with Gasteiger partial charge in [-0.25, -0.2) is 9.36 Å². The minimum Gasteiger partial charge on any atom is -0.456 e. The van der Waals surface area contributed by atoms with Gasteiger partial charge in [0, 0.05) is 19.4 Å². The Bertz CT molecular complexity index is 1180. The molecular formula is C50H95N2O9P. The van der Waals surface area contributed by atoms with Gasteiger partial charge in [-0.15, -0.1) is 6.58 Å². The molecule has 0 saturated heterocycles. The topological polar surface area (TPSA) is 138 Å². The van der Waals surface area contributed by atoms with Crippen LogP contribution < -0.4 is 10.6 Å². The summed E-state index contributed by atoms with van der Waals surface area (Å²) in [4.78, 5) is 39.1. The largest absolute Gasteiger partial charge is 0.475 e. The molecule has 0 aliphatic heterocycles. The standard InChI is InChI=1S/C50H95N2O9P/c1-8-12-15-18-21-24-25-28-30-33-36-39-47(53)52-45(44-59-62(56,57-42-11-4)58-43-41-51-49(55)61-50(5,6)7)46(38-35-32-29-26-22-19-16-13-9-2)60-48(54)40-37-34-31-27-23-20-17-14-10-3/h11,35,38,45-46H,4,8-10,12-34,36-37,39-44H2,1-3,5-7H3,(H,51,55)(H,52,53)/b38-35+. The van der Waals surface area contributed by atoms with Gasteiger partial charge >= 0.3 is 19.9 Å². The highest BCUT2D eigenvalue weighted by molar-refractivity contribution is 7.48. The van der Waals surface area contributed by atoms with Crippen LogP contribution in [0.1, 0.15) is 234 Å². The number of hydrogen-bond acceptors (Lipinski definition) is 9. The van der Waals surface area contributed by atoms with Crippen molar-refractivity contribution in [3.05, 3.63) is 24.8 Å². The third-order valence-corrected chi connectivity index (χ3v) is 12.0. The van der Waals surface area contributed by atoms with Crippen LogP contribution in [0.3, 0.4) is 0 Å². The van der Waals surface area contributed by atoms with Crippen molar-refractivity contribution in [2.75, 3.05) is 26.4 Å². The van der Waals surface area contributed by atoms with Crippen LogP contribution in [0.5, 0.6) is 0 Å². The van der Waals surface area contributed by atoms with Crippen LogP contribution in [-0.4, -0.2) is 62.1 Å². The molecule has 0 saturated carbocycles. The predicted molar refractivity (Wildman–Crippen MR) is 256 cm³/mol. The van der Waals surface area contributed by atoms with Gasteiger partial charge in [0.2, 0.25) is 5.91 Å². The average molecular weight is 899 g/mol. The molecule has 0 aliphatic rings. The van der Waals surface area contributed by atoms with Crippen LogP contribution in [0, 0.1) is 0 Å². The van der Waals surface area contributed by atoms with E-state index >= 15 is 0 Å². The summed E-state index contributed by atoms with van der Waals surface area (Å²) in [6.07, 6.45) is 36.6. The van der Waals surface area contributed by atoms with Crippen molar-refractivity contribution in [2.24, 2.45) is 0 Å². The molecule has 12 heteroatoms. The van der Waals surface area contributed by atoms with Crippen molar-refractivity contribution in [1.29, 1.82) is 0 Å². The molecule has 62 heavy (non-hydrogen) atoms. The van der Waals surface area contributed by atoms with E-state index < -0.39 is 31.7 Å². The average Bonchev–Trinajstić information content (AvgIpc) is 3.23. The number of esters is 1. The fourth-order valence-electron chi connectivity index (χ4n) is 7.00. The first-order valence-electron chi connectivity index (χ1n) is 25.2. The highest BCUT2D eigenvalue weighted by atomic mass is 31.2. The predicted octanol–water partition coefficient (Wildman–Crippen LogP) is 14.6. The lowest BCUT2D eigenvalue weighted by molar-refractivity contribution is -0.149. The molecule has 0 aromatic rings. The maximum Gasteiger partial charge on any atom is 0.475 e. The molecule has 364 valence electrons. The van der Waals surface area contributed by atoms with E-state index in [1.54, 1.807) is 20.8 Å². The van der Waals surface area contributed by atoms with Crippen LogP contribution in [0.25, 0.3) is 0 Å². The van der Waals surface area contributed by atoms with Crippen LogP contribution in [0.2, 0.25) is 0 Å². The Morgan fingerprint density at radius 2 is 1.10 bits per heavy atom. The van der Waals surface area contributed by atoms with E-state index in [-0.39, 0.29) is 44.7 Å². The monoisotopic (exact) mass is 899 g/mol. The minimum absolute atomic E-state index is 0.0146. The lowest BCUT2D eigenvalue weighted by atomic mass is 10.0. The molecular weight excluding hydrogens is 804 g/mol. The van der Waals surface area contributed by atoms with Gasteiger partial charge in [0.15, 0.2) is 0 Å². The van der Waals surface area contributed by atoms with Gasteiger partial charge in [0.05, 0.1) is 25.9 Å². The SMILES string of the molecule is C=CCOP(=O)(OCCNC(=O)OC(C)(C)C)OCC(NC(=O)CCCCCCCCCCCCC)C(/C=C/CCCCCCCCC)OC(=O)CCCCCCCCCCC. The van der Waals surface area contributed by atoms with E-state index in [0.29, 0.717) is 6.42 Å². The lowest BCUT2D eigenvalue weighted by Gasteiger charge is -2.27. The number of unbranched alkanes of at least 4 members (excludes halogenated alkanes) is 25. The van der Waals surface area contributed by atoms with Gasteiger partial charge in [0.1, 0.15) is 11.7 Å². The third kappa shape index (κ3) is 39.4. The number of carbonyl (C=O) groups excluding carboxylic acids is 3. The van der Waals surface area contributed by atoms with E-state index in [1.807, 2.05) is 12.2 Å². The molecule has 0 radical (unpaired) electrons. The molecule has 0 aromatic heterocycles. The minimum atomic E-state index is -4.23. The van der Waals surface area contributed by atoms with Gasteiger partial charge in [-0.2, -0.15) is 0 Å². The number of carbonyl (C=O) groups is 3. The molecule has 0 spiro atoms. The smallest absolute Gasteiger partial charge is 0.456 e. The second-order valence-electron chi connectivity index (χ2n) is 17.9. The summed E-state index contributed by atoms with van der Waals surface area (Å²) in [5.74, 6) is -0.544. The molecule has 0 fully saturated rings. The fraction of sp³-hybridized carbons (Fsp3) is 0.860. The molecule has 2 amide bonds. The van der Waals surface area contributed by atoms with Crippen molar-refractivity contribution >= 4 is 25.8 Å². The van der Waals surface area contributed by atoms with E-state index in [2.05, 4.69) is 38.0 Å². The maximum absolute atomic E-state index is 13.9. The molecule has 3 unspecified atom stereocenters. The number of nitrogens with one attached hydrogen (secondary N) is 2. The maximum atomic E-state index is 13.9. The van der Waals surface area contributed by atoms with E-state index in [1.165, 1.54) is 128 Å². The highest BCUT2D eigenvalue weighted by Gasteiger charge is 2.32. The second kappa shape index (κ2) is 41.5. The number of phosphoric acid groups is 1. The van der Waals surface area contributed by atoms with E-state index in [0.717, 1.165) is 57.8 Å². The molecule has 0 heterocycles. The zero-order valence-corrected chi connectivity index (χ0v) is 41.7. The summed E-state index contributed by atoms with van der Waals surface area (Å²) >= 11 is 0. The van der Waals surface area contributed by atoms with Crippen molar-refractivity contribution in [1.82, 2.24) is 10.6 Å². The number of hydrogen-bond donors (Lipinski definition) is 2.